The van der Waals surface area contributed by atoms with E-state index < -0.39 is 12.1 Å². The van der Waals surface area contributed by atoms with E-state index in [0.29, 0.717) is 29.2 Å². The Bertz CT molecular complexity index is 685. The Morgan fingerprint density at radius 2 is 2.16 bits per heavy atom. The summed E-state index contributed by atoms with van der Waals surface area (Å²) < 4.78 is 8.70. The number of quaternary nitrogens is 1. The van der Waals surface area contributed by atoms with Crippen LogP contribution in [-0.2, 0) is 9.53 Å². The van der Waals surface area contributed by atoms with Crippen molar-refractivity contribution < 1.29 is 18.6 Å². The van der Waals surface area contributed by atoms with Crippen LogP contribution in [0.2, 0.25) is 0 Å². The van der Waals surface area contributed by atoms with Crippen LogP contribution in [0.4, 0.5) is 0 Å². The minimum Gasteiger partial charge on any atom is -0.375 e. The van der Waals surface area contributed by atoms with Crippen LogP contribution in [0.3, 0.4) is 0 Å². The molecule has 2 aliphatic rings. The van der Waals surface area contributed by atoms with Gasteiger partial charge in [-0.3, -0.25) is 4.79 Å². The molecular formula is C22H44ClN7O2+2. The molecule has 2 aliphatic heterocycles. The highest BCUT2D eigenvalue weighted by atomic mass is 35.5. The molecule has 0 aromatic rings. The number of halogens is 1. The predicted molar refractivity (Wildman–Crippen MR) is 129 cm³/mol. The molecule has 0 radical (unpaired) electrons. The van der Waals surface area contributed by atoms with Crippen molar-refractivity contribution >= 4 is 23.7 Å². The van der Waals surface area contributed by atoms with E-state index in [2.05, 4.69) is 34.1 Å². The van der Waals surface area contributed by atoms with Gasteiger partial charge in [0.1, 0.15) is 12.7 Å². The molecule has 5 atom stereocenters. The number of hydrogen-bond acceptors (Lipinski definition) is 6. The van der Waals surface area contributed by atoms with E-state index in [9.17, 15) is 4.79 Å². The van der Waals surface area contributed by atoms with Crippen molar-refractivity contribution in [3.63, 3.8) is 0 Å². The lowest BCUT2D eigenvalue weighted by Gasteiger charge is -2.41. The van der Waals surface area contributed by atoms with Crippen molar-refractivity contribution in [2.24, 2.45) is 17.4 Å². The number of nitrogens with two attached hydrogens (primary N) is 2. The van der Waals surface area contributed by atoms with E-state index >= 15 is 0 Å². The quantitative estimate of drug-likeness (QED) is 0.185. The number of rotatable bonds is 11. The Hall–Kier alpha value is -1.07. The first kappa shape index (κ1) is 27.2. The van der Waals surface area contributed by atoms with Crippen LogP contribution in [0.5, 0.6) is 0 Å². The zero-order valence-electron chi connectivity index (χ0n) is 20.4. The van der Waals surface area contributed by atoms with E-state index in [-0.39, 0.29) is 24.2 Å². The highest BCUT2D eigenvalue weighted by molar-refractivity contribution is 6.38. The van der Waals surface area contributed by atoms with Gasteiger partial charge < -0.3 is 31.7 Å². The number of allylic oxidation sites excluding steroid dienone is 1. The largest absolute Gasteiger partial charge is 0.375 e. The number of likely N-dealkylation sites (N-methyl/N-ethyl adjacent to an activating group) is 1. The lowest BCUT2D eigenvalue weighted by molar-refractivity contribution is -0.983. The topological polar surface area (TPSA) is 109 Å². The summed E-state index contributed by atoms with van der Waals surface area (Å²) in [4.78, 5) is 15.7. The second kappa shape index (κ2) is 12.4. The molecule has 6 N–H and O–H groups in total. The van der Waals surface area contributed by atoms with Crippen LogP contribution >= 0.6 is 11.6 Å². The maximum absolute atomic E-state index is 13.6. The monoisotopic (exact) mass is 473 g/mol. The molecule has 10 heteroatoms. The zero-order valence-corrected chi connectivity index (χ0v) is 21.1. The third kappa shape index (κ3) is 6.96. The molecule has 0 aliphatic carbocycles. The number of hydrogen-bond donors (Lipinski definition) is 4. The summed E-state index contributed by atoms with van der Waals surface area (Å²) in [6, 6.07) is -0.133. The summed E-state index contributed by atoms with van der Waals surface area (Å²) in [5, 5.41) is 7.24. The first-order valence-corrected chi connectivity index (χ1v) is 12.1. The molecule has 32 heavy (non-hydrogen) atoms. The van der Waals surface area contributed by atoms with Crippen LogP contribution in [0, 0.1) is 5.92 Å². The normalized spacial score (nSPS) is 29.6. The summed E-state index contributed by atoms with van der Waals surface area (Å²) in [6.45, 7) is 8.68. The molecule has 0 saturated carbocycles. The molecule has 2 heterocycles. The smallest absolute Gasteiger partial charge is 0.298 e. The van der Waals surface area contributed by atoms with Crippen molar-refractivity contribution in [2.75, 3.05) is 60.5 Å². The molecule has 1 amide bonds. The maximum Gasteiger partial charge on any atom is 0.298 e. The van der Waals surface area contributed by atoms with Gasteiger partial charge >= 0.3 is 0 Å². The van der Waals surface area contributed by atoms with Crippen LogP contribution in [-0.4, -0.2) is 111 Å². The summed E-state index contributed by atoms with van der Waals surface area (Å²) in [5.41, 5.74) is 12.5. The summed E-state index contributed by atoms with van der Waals surface area (Å²) in [5.74, 6) is -0.758. The molecule has 1 saturated heterocycles. The second-order valence-electron chi connectivity index (χ2n) is 9.38. The number of amides is 1. The molecular weight excluding hydrogens is 430 g/mol. The van der Waals surface area contributed by atoms with Gasteiger partial charge in [-0.05, 0) is 40.4 Å². The average molecular weight is 474 g/mol. The van der Waals surface area contributed by atoms with Crippen molar-refractivity contribution in [1.29, 1.82) is 0 Å². The van der Waals surface area contributed by atoms with Crippen LogP contribution < -0.4 is 22.1 Å². The van der Waals surface area contributed by atoms with Gasteiger partial charge in [0.05, 0.1) is 38.5 Å². The van der Waals surface area contributed by atoms with Crippen molar-refractivity contribution in [3.05, 3.63) is 11.2 Å². The summed E-state index contributed by atoms with van der Waals surface area (Å²) >= 11 is 6.44. The Kier molecular flexibility index (Phi) is 10.5. The first-order chi connectivity index (χ1) is 15.1. The Morgan fingerprint density at radius 3 is 2.75 bits per heavy atom. The molecule has 184 valence electrons. The maximum atomic E-state index is 13.6. The highest BCUT2D eigenvalue weighted by Gasteiger charge is 2.52. The van der Waals surface area contributed by atoms with E-state index in [4.69, 9.17) is 27.8 Å². The number of carbonyl (C=O) groups is 1. The lowest BCUT2D eigenvalue weighted by Crippen LogP contribution is -2.68. The number of piperidine rings is 1. The lowest BCUT2D eigenvalue weighted by atomic mass is 9.95. The standard InChI is InChI=1S/C22H43ClN7O2/c1-6-11-30(5)15-16(23)14-29(7-2)22(30)19(20(24)25)21(31)27-17-13-26-9-8-18(17)32-12-10-28(3)4/h14-15,17-20,22,26H,6-13,24-25H2,1-5H3/q+1/p+1. The Balaban J connectivity index is 2.24. The zero-order chi connectivity index (χ0) is 23.9. The van der Waals surface area contributed by atoms with E-state index in [1.54, 1.807) is 0 Å². The number of nitrogens with one attached hydrogen (secondary N) is 2. The van der Waals surface area contributed by atoms with E-state index in [1.807, 2.05) is 33.4 Å². The first-order valence-electron chi connectivity index (χ1n) is 11.7. The Morgan fingerprint density at radius 1 is 1.44 bits per heavy atom. The fourth-order valence-corrected chi connectivity index (χ4v) is 5.20. The number of nitrogens with zero attached hydrogens (tertiary/aromatic N) is 3. The van der Waals surface area contributed by atoms with Crippen molar-refractivity contribution in [3.8, 4) is 0 Å². The Labute approximate surface area is 198 Å². The third-order valence-electron chi connectivity index (χ3n) is 6.38. The van der Waals surface area contributed by atoms with Crippen molar-refractivity contribution in [1.82, 2.24) is 15.5 Å². The van der Waals surface area contributed by atoms with Gasteiger partial charge in [0.2, 0.25) is 5.91 Å². The molecule has 9 nitrogen and oxygen atoms in total. The molecule has 2 rings (SSSR count). The third-order valence-corrected chi connectivity index (χ3v) is 6.57. The molecule has 0 aromatic heterocycles. The van der Waals surface area contributed by atoms with Gasteiger partial charge in [-0.15, -0.1) is 0 Å². The molecule has 5 unspecified atom stereocenters. The van der Waals surface area contributed by atoms with Crippen LogP contribution in [0.25, 0.3) is 0 Å². The molecule has 1 fully saturated rings. The van der Waals surface area contributed by atoms with Crippen LogP contribution in [0.1, 0.15) is 26.7 Å². The summed E-state index contributed by atoms with van der Waals surface area (Å²) in [7, 11) is 6.13. The van der Waals surface area contributed by atoms with Gasteiger partial charge in [0, 0.05) is 13.1 Å². The minimum absolute atomic E-state index is 0.0409. The van der Waals surface area contributed by atoms with Gasteiger partial charge in [0.15, 0.2) is 17.2 Å². The highest BCUT2D eigenvalue weighted by Crippen LogP contribution is 2.28. The average Bonchev–Trinajstić information content (AvgIpc) is 2.70. The molecule has 0 aromatic carbocycles. The predicted octanol–water partition coefficient (Wildman–Crippen LogP) is -0.349. The van der Waals surface area contributed by atoms with Crippen molar-refractivity contribution in [2.45, 2.75) is 51.2 Å². The minimum atomic E-state index is -0.813. The SMILES string of the molecule is CCC[N+]1(C)C=C(Cl)C=[N+](CC)C1C(C(=O)NC1CNCCC1OCCN(C)C)C(N)N. The fraction of sp³-hybridized carbons (Fsp3) is 0.818. The van der Waals surface area contributed by atoms with Crippen LogP contribution in [0.15, 0.2) is 11.2 Å². The van der Waals surface area contributed by atoms with E-state index in [0.717, 1.165) is 32.5 Å². The second-order valence-corrected chi connectivity index (χ2v) is 9.82. The summed E-state index contributed by atoms with van der Waals surface area (Å²) in [6.07, 6.45) is 4.57. The number of carbonyl (C=O) groups excluding carboxylic acids is 1. The molecule has 0 spiro atoms. The van der Waals surface area contributed by atoms with Gasteiger partial charge in [-0.25, -0.2) is 4.48 Å². The molecule has 0 bridgehead atoms. The van der Waals surface area contributed by atoms with Gasteiger partial charge in [-0.1, -0.05) is 18.5 Å². The number of ether oxygens (including phenoxy) is 1. The van der Waals surface area contributed by atoms with Gasteiger partial charge in [-0.2, -0.15) is 4.58 Å². The van der Waals surface area contributed by atoms with Gasteiger partial charge in [0.25, 0.3) is 6.17 Å². The fourth-order valence-electron chi connectivity index (χ4n) is 4.85. The van der Waals surface area contributed by atoms with E-state index in [1.165, 1.54) is 0 Å².